The zero-order chi connectivity index (χ0) is 24.1. The fourth-order valence-electron chi connectivity index (χ4n) is 3.47. The van der Waals surface area contributed by atoms with Crippen molar-refractivity contribution in [1.29, 1.82) is 5.26 Å². The lowest BCUT2D eigenvalue weighted by atomic mass is 9.99. The molecule has 3 aromatic rings. The summed E-state index contributed by atoms with van der Waals surface area (Å²) in [5, 5.41) is 20.8. The van der Waals surface area contributed by atoms with Gasteiger partial charge in [-0.3, -0.25) is 14.2 Å². The van der Waals surface area contributed by atoms with Crippen molar-refractivity contribution in [3.63, 3.8) is 0 Å². The molecule has 1 aromatic heterocycles. The Morgan fingerprint density at radius 2 is 1.88 bits per heavy atom. The molecule has 0 bridgehead atoms. The van der Waals surface area contributed by atoms with Crippen LogP contribution >= 0.6 is 11.6 Å². The third kappa shape index (κ3) is 5.02. The summed E-state index contributed by atoms with van der Waals surface area (Å²) in [4.78, 5) is 26.1. The molecule has 0 saturated heterocycles. The van der Waals surface area contributed by atoms with Crippen molar-refractivity contribution in [2.24, 2.45) is 0 Å². The van der Waals surface area contributed by atoms with Crippen LogP contribution < -0.4 is 15.0 Å². The number of aromatic nitrogens is 1. The summed E-state index contributed by atoms with van der Waals surface area (Å²) in [6, 6.07) is 15.8. The number of hydrogen-bond acceptors (Lipinski definition) is 6. The molecule has 1 atom stereocenters. The van der Waals surface area contributed by atoms with Gasteiger partial charge in [0, 0.05) is 6.54 Å². The van der Waals surface area contributed by atoms with Gasteiger partial charge in [-0.05, 0) is 55.7 Å². The molecule has 0 saturated carbocycles. The van der Waals surface area contributed by atoms with Crippen molar-refractivity contribution in [1.82, 2.24) is 4.57 Å². The van der Waals surface area contributed by atoms with Crippen LogP contribution in [0.3, 0.4) is 0 Å². The van der Waals surface area contributed by atoms with E-state index in [1.54, 1.807) is 43.5 Å². The van der Waals surface area contributed by atoms with Gasteiger partial charge in [0.2, 0.25) is 11.7 Å². The fraction of sp³-hybridized carbons (Fsp3) is 0.240. The Labute approximate surface area is 196 Å². The zero-order valence-electron chi connectivity index (χ0n) is 18.5. The van der Waals surface area contributed by atoms with Gasteiger partial charge in [0.25, 0.3) is 5.56 Å². The molecule has 0 aliphatic carbocycles. The molecule has 33 heavy (non-hydrogen) atoms. The first kappa shape index (κ1) is 23.9. The number of hydrogen-bond donors (Lipinski definition) is 1. The van der Waals surface area contributed by atoms with Gasteiger partial charge in [-0.2, -0.15) is 5.26 Å². The quantitative estimate of drug-likeness (QED) is 0.497. The number of aryl methyl sites for hydroxylation is 1. The molecule has 1 heterocycles. The number of ketones is 1. The molecule has 0 fully saturated rings. The number of ether oxygens (including phenoxy) is 2. The number of rotatable bonds is 8. The Hall–Kier alpha value is -3.76. The first-order chi connectivity index (χ1) is 15.8. The Balaban J connectivity index is 1.95. The first-order valence-corrected chi connectivity index (χ1v) is 10.6. The second kappa shape index (κ2) is 10.2. The van der Waals surface area contributed by atoms with Crippen LogP contribution in [0.5, 0.6) is 17.4 Å². The van der Waals surface area contributed by atoms with Gasteiger partial charge in [-0.25, -0.2) is 0 Å². The van der Waals surface area contributed by atoms with Crippen LogP contribution in [-0.2, 0) is 13.0 Å². The Kier molecular flexibility index (Phi) is 7.41. The molecule has 0 radical (unpaired) electrons. The normalized spacial score (nSPS) is 11.5. The van der Waals surface area contributed by atoms with E-state index in [4.69, 9.17) is 21.1 Å². The van der Waals surface area contributed by atoms with E-state index in [2.05, 4.69) is 0 Å². The minimum absolute atomic E-state index is 0.0754. The third-order valence-corrected chi connectivity index (χ3v) is 5.65. The van der Waals surface area contributed by atoms with Crippen LogP contribution in [0.25, 0.3) is 0 Å². The van der Waals surface area contributed by atoms with Crippen molar-refractivity contribution in [3.8, 4) is 23.4 Å². The number of carbonyl (C=O) groups excluding carboxylic acids is 1. The van der Waals surface area contributed by atoms with Crippen molar-refractivity contribution in [3.05, 3.63) is 86.2 Å². The number of methoxy groups -OCH3 is 1. The minimum Gasteiger partial charge on any atom is -0.497 e. The second-order valence-electron chi connectivity index (χ2n) is 7.42. The molecule has 0 amide bonds. The largest absolute Gasteiger partial charge is 0.497 e. The highest BCUT2D eigenvalue weighted by Crippen LogP contribution is 2.28. The lowest BCUT2D eigenvalue weighted by molar-refractivity contribution is 0.0812. The summed E-state index contributed by atoms with van der Waals surface area (Å²) in [6.45, 7) is 3.05. The topological polar surface area (TPSA) is 102 Å². The summed E-state index contributed by atoms with van der Waals surface area (Å²) in [6.07, 6.45) is -0.626. The monoisotopic (exact) mass is 466 g/mol. The van der Waals surface area contributed by atoms with Crippen molar-refractivity contribution in [2.75, 3.05) is 7.11 Å². The Bertz CT molecular complexity index is 1280. The van der Waals surface area contributed by atoms with E-state index in [1.165, 1.54) is 13.8 Å². The highest BCUT2D eigenvalue weighted by molar-refractivity contribution is 6.32. The number of para-hydroxylation sites is 1. The van der Waals surface area contributed by atoms with E-state index in [1.807, 2.05) is 18.2 Å². The molecule has 1 unspecified atom stereocenters. The molecule has 8 heteroatoms. The molecule has 2 aromatic carbocycles. The first-order valence-electron chi connectivity index (χ1n) is 10.2. The molecule has 170 valence electrons. The number of aromatic hydroxyl groups is 1. The number of pyridine rings is 1. The predicted octanol–water partition coefficient (Wildman–Crippen LogP) is 4.29. The van der Waals surface area contributed by atoms with Crippen molar-refractivity contribution in [2.45, 2.75) is 32.9 Å². The SMILES string of the molecule is COc1ccc(CCn2c(O)c(C(=O)C(C)Oc3ccccc3Cl)c(C)c(C#N)c2=O)cc1. The molecular formula is C25H23ClN2O5. The number of nitriles is 1. The third-order valence-electron chi connectivity index (χ3n) is 5.34. The van der Waals surface area contributed by atoms with Gasteiger partial charge in [0.05, 0.1) is 17.7 Å². The highest BCUT2D eigenvalue weighted by Gasteiger charge is 2.28. The van der Waals surface area contributed by atoms with E-state index in [0.717, 1.165) is 10.1 Å². The molecule has 3 rings (SSSR count). The van der Waals surface area contributed by atoms with Crippen LogP contribution in [0.2, 0.25) is 5.02 Å². The second-order valence-corrected chi connectivity index (χ2v) is 7.83. The maximum absolute atomic E-state index is 13.2. The molecular weight excluding hydrogens is 444 g/mol. The van der Waals surface area contributed by atoms with Crippen LogP contribution in [0.1, 0.15) is 34.0 Å². The molecule has 1 N–H and O–H groups in total. The van der Waals surface area contributed by atoms with Crippen molar-refractivity contribution < 1.29 is 19.4 Å². The van der Waals surface area contributed by atoms with E-state index in [9.17, 15) is 20.0 Å². The number of carbonyl (C=O) groups is 1. The maximum atomic E-state index is 13.2. The van der Waals surface area contributed by atoms with Crippen LogP contribution in [-0.4, -0.2) is 28.7 Å². The van der Waals surface area contributed by atoms with Crippen LogP contribution in [0.15, 0.2) is 53.3 Å². The Morgan fingerprint density at radius 1 is 1.21 bits per heavy atom. The standard InChI is InChI=1S/C25H23ClN2O5/c1-15-19(14-27)24(30)28(13-12-17-8-10-18(32-3)11-9-17)25(31)22(15)23(29)16(2)33-21-7-5-4-6-20(21)26/h4-11,16,31H,12-13H2,1-3H3. The number of benzene rings is 2. The van der Waals surface area contributed by atoms with E-state index in [0.29, 0.717) is 22.9 Å². The van der Waals surface area contributed by atoms with E-state index in [-0.39, 0.29) is 23.2 Å². The summed E-state index contributed by atoms with van der Waals surface area (Å²) >= 11 is 6.11. The minimum atomic E-state index is -1.02. The van der Waals surface area contributed by atoms with Gasteiger partial charge in [0.15, 0.2) is 6.10 Å². The van der Waals surface area contributed by atoms with E-state index >= 15 is 0 Å². The maximum Gasteiger partial charge on any atom is 0.271 e. The summed E-state index contributed by atoms with van der Waals surface area (Å²) in [5.74, 6) is -0.0593. The lowest BCUT2D eigenvalue weighted by Gasteiger charge is -2.19. The van der Waals surface area contributed by atoms with Crippen LogP contribution in [0, 0.1) is 18.3 Å². The van der Waals surface area contributed by atoms with Gasteiger partial charge < -0.3 is 14.6 Å². The Morgan fingerprint density at radius 3 is 2.48 bits per heavy atom. The van der Waals surface area contributed by atoms with Crippen molar-refractivity contribution >= 4 is 17.4 Å². The molecule has 7 nitrogen and oxygen atoms in total. The number of halogens is 1. The van der Waals surface area contributed by atoms with Gasteiger partial charge in [-0.1, -0.05) is 35.9 Å². The summed E-state index contributed by atoms with van der Waals surface area (Å²) in [5.41, 5.74) is 0.0262. The van der Waals surface area contributed by atoms with Crippen LogP contribution in [0.4, 0.5) is 0 Å². The highest BCUT2D eigenvalue weighted by atomic mass is 35.5. The number of nitrogens with zero attached hydrogens (tertiary/aromatic N) is 2. The summed E-state index contributed by atoms with van der Waals surface area (Å²) < 4.78 is 11.9. The molecule has 0 spiro atoms. The smallest absolute Gasteiger partial charge is 0.271 e. The van der Waals surface area contributed by atoms with E-state index < -0.39 is 23.3 Å². The average Bonchev–Trinajstić information content (AvgIpc) is 2.81. The van der Waals surface area contributed by atoms with Gasteiger partial charge in [0.1, 0.15) is 23.1 Å². The molecule has 0 aliphatic rings. The van der Waals surface area contributed by atoms with Gasteiger partial charge in [-0.15, -0.1) is 0 Å². The number of Topliss-reactive ketones (excluding diaryl/α,β-unsaturated/α-hetero) is 1. The fourth-order valence-corrected chi connectivity index (χ4v) is 3.65. The average molecular weight is 467 g/mol. The summed E-state index contributed by atoms with van der Waals surface area (Å²) in [7, 11) is 1.57. The lowest BCUT2D eigenvalue weighted by Crippen LogP contribution is -2.31. The predicted molar refractivity (Wildman–Crippen MR) is 124 cm³/mol. The van der Waals surface area contributed by atoms with Gasteiger partial charge >= 0.3 is 0 Å². The molecule has 0 aliphatic heterocycles. The zero-order valence-corrected chi connectivity index (χ0v) is 19.2.